The SMILES string of the molecule is Cn1ncc2ccc(-c3ccc(C(=O)C4CCN(C(=O)C5(N)CC5)CC4)cc3)cc21. The van der Waals surface area contributed by atoms with Crippen LogP contribution in [0.3, 0.4) is 0 Å². The summed E-state index contributed by atoms with van der Waals surface area (Å²) in [7, 11) is 1.94. The van der Waals surface area contributed by atoms with Crippen molar-refractivity contribution in [2.75, 3.05) is 13.1 Å². The molecule has 30 heavy (non-hydrogen) atoms. The minimum atomic E-state index is -0.620. The van der Waals surface area contributed by atoms with Gasteiger partial charge < -0.3 is 10.6 Å². The largest absolute Gasteiger partial charge is 0.341 e. The van der Waals surface area contributed by atoms with Gasteiger partial charge in [0.25, 0.3) is 0 Å². The molecule has 0 atom stereocenters. The Labute approximate surface area is 175 Å². The number of piperidine rings is 1. The second-order valence-electron chi connectivity index (χ2n) is 8.71. The second kappa shape index (κ2) is 7.06. The number of Topliss-reactive ketones (excluding diaryl/α,β-unsaturated/α-hetero) is 1. The Morgan fingerprint density at radius 2 is 1.70 bits per heavy atom. The molecule has 3 aromatic rings. The molecule has 1 amide bonds. The molecule has 1 saturated heterocycles. The van der Waals surface area contributed by atoms with Gasteiger partial charge in [-0.25, -0.2) is 0 Å². The van der Waals surface area contributed by atoms with E-state index in [-0.39, 0.29) is 17.6 Å². The number of amides is 1. The molecule has 2 aromatic carbocycles. The van der Waals surface area contributed by atoms with Crippen LogP contribution in [0.1, 0.15) is 36.0 Å². The van der Waals surface area contributed by atoms with E-state index in [1.165, 1.54) is 0 Å². The zero-order valence-corrected chi connectivity index (χ0v) is 17.2. The average molecular weight is 402 g/mol. The number of aromatic nitrogens is 2. The van der Waals surface area contributed by atoms with Crippen molar-refractivity contribution in [3.8, 4) is 11.1 Å². The van der Waals surface area contributed by atoms with Gasteiger partial charge in [0.15, 0.2) is 5.78 Å². The highest BCUT2D eigenvalue weighted by Gasteiger charge is 2.48. The fourth-order valence-corrected chi connectivity index (χ4v) is 4.39. The van der Waals surface area contributed by atoms with Crippen molar-refractivity contribution < 1.29 is 9.59 Å². The highest BCUT2D eigenvalue weighted by molar-refractivity contribution is 5.98. The molecule has 6 heteroatoms. The quantitative estimate of drug-likeness (QED) is 0.680. The third-order valence-electron chi connectivity index (χ3n) is 6.62. The third-order valence-corrected chi connectivity index (χ3v) is 6.62. The Kier molecular flexibility index (Phi) is 4.47. The van der Waals surface area contributed by atoms with Gasteiger partial charge in [-0.2, -0.15) is 5.10 Å². The summed E-state index contributed by atoms with van der Waals surface area (Å²) in [6, 6.07) is 14.1. The summed E-state index contributed by atoms with van der Waals surface area (Å²) >= 11 is 0. The number of rotatable bonds is 4. The number of hydrogen-bond donors (Lipinski definition) is 1. The molecule has 0 unspecified atom stereocenters. The van der Waals surface area contributed by atoms with Crippen molar-refractivity contribution in [2.45, 2.75) is 31.2 Å². The molecule has 1 saturated carbocycles. The van der Waals surface area contributed by atoms with E-state index in [2.05, 4.69) is 23.3 Å². The molecule has 0 bridgehead atoms. The van der Waals surface area contributed by atoms with Gasteiger partial charge in [0, 0.05) is 37.0 Å². The number of carbonyl (C=O) groups is 2. The lowest BCUT2D eigenvalue weighted by Gasteiger charge is -2.33. The smallest absolute Gasteiger partial charge is 0.242 e. The lowest BCUT2D eigenvalue weighted by Crippen LogP contribution is -2.49. The molecular formula is C24H26N4O2. The van der Waals surface area contributed by atoms with Gasteiger partial charge in [-0.1, -0.05) is 36.4 Å². The van der Waals surface area contributed by atoms with Crippen LogP contribution in [0.2, 0.25) is 0 Å². The van der Waals surface area contributed by atoms with E-state index in [4.69, 9.17) is 5.73 Å². The van der Waals surface area contributed by atoms with Crippen LogP contribution in [-0.4, -0.2) is 45.0 Å². The molecular weight excluding hydrogens is 376 g/mol. The fraction of sp³-hybridized carbons (Fsp3) is 0.375. The topological polar surface area (TPSA) is 81.2 Å². The summed E-state index contributed by atoms with van der Waals surface area (Å²) in [4.78, 5) is 27.2. The number of carbonyl (C=O) groups excluding carboxylic acids is 2. The van der Waals surface area contributed by atoms with Crippen LogP contribution in [0.25, 0.3) is 22.0 Å². The third kappa shape index (κ3) is 3.31. The summed E-state index contributed by atoms with van der Waals surface area (Å²) in [6.45, 7) is 1.24. The van der Waals surface area contributed by atoms with Gasteiger partial charge in [0.2, 0.25) is 5.91 Å². The zero-order chi connectivity index (χ0) is 20.9. The fourth-order valence-electron chi connectivity index (χ4n) is 4.39. The van der Waals surface area contributed by atoms with Crippen molar-refractivity contribution in [2.24, 2.45) is 18.7 Å². The molecule has 5 rings (SSSR count). The number of hydrogen-bond acceptors (Lipinski definition) is 4. The monoisotopic (exact) mass is 402 g/mol. The summed E-state index contributed by atoms with van der Waals surface area (Å²) in [6.07, 6.45) is 4.84. The maximum Gasteiger partial charge on any atom is 0.242 e. The van der Waals surface area contributed by atoms with Crippen LogP contribution in [0, 0.1) is 5.92 Å². The van der Waals surface area contributed by atoms with Crippen LogP contribution in [0.5, 0.6) is 0 Å². The van der Waals surface area contributed by atoms with E-state index < -0.39 is 5.54 Å². The molecule has 2 aliphatic rings. The van der Waals surface area contributed by atoms with Crippen LogP contribution < -0.4 is 5.73 Å². The number of likely N-dealkylation sites (tertiary alicyclic amines) is 1. The van der Waals surface area contributed by atoms with Gasteiger partial charge >= 0.3 is 0 Å². The van der Waals surface area contributed by atoms with Crippen LogP contribution in [0.15, 0.2) is 48.7 Å². The average Bonchev–Trinajstić information content (AvgIpc) is 3.44. The Bertz CT molecular complexity index is 1120. The number of nitrogens with zero attached hydrogens (tertiary/aromatic N) is 3. The van der Waals surface area contributed by atoms with E-state index >= 15 is 0 Å². The van der Waals surface area contributed by atoms with Gasteiger partial charge in [0.05, 0.1) is 17.3 Å². The van der Waals surface area contributed by atoms with Gasteiger partial charge in [-0.05, 0) is 42.9 Å². The van der Waals surface area contributed by atoms with Gasteiger partial charge in [0.1, 0.15) is 0 Å². The first-order chi connectivity index (χ1) is 14.4. The summed E-state index contributed by atoms with van der Waals surface area (Å²) in [5.41, 5.74) is 9.42. The summed E-state index contributed by atoms with van der Waals surface area (Å²) in [5, 5.41) is 5.40. The minimum Gasteiger partial charge on any atom is -0.341 e. The highest BCUT2D eigenvalue weighted by Crippen LogP contribution is 2.35. The molecule has 1 aliphatic carbocycles. The second-order valence-corrected chi connectivity index (χ2v) is 8.71. The van der Waals surface area contributed by atoms with Crippen molar-refractivity contribution >= 4 is 22.6 Å². The van der Waals surface area contributed by atoms with Gasteiger partial charge in [-0.3, -0.25) is 14.3 Å². The van der Waals surface area contributed by atoms with Crippen molar-refractivity contribution in [1.29, 1.82) is 0 Å². The maximum atomic E-state index is 13.0. The Hall–Kier alpha value is -2.99. The number of fused-ring (bicyclic) bond motifs is 1. The molecule has 2 fully saturated rings. The first-order valence-corrected chi connectivity index (χ1v) is 10.6. The van der Waals surface area contributed by atoms with Crippen molar-refractivity contribution in [3.63, 3.8) is 0 Å². The molecule has 0 spiro atoms. The zero-order valence-electron chi connectivity index (χ0n) is 17.2. The Balaban J connectivity index is 1.26. The van der Waals surface area contributed by atoms with Crippen LogP contribution in [0.4, 0.5) is 0 Å². The first kappa shape index (κ1) is 19.0. The van der Waals surface area contributed by atoms with E-state index in [0.29, 0.717) is 25.9 Å². The molecule has 0 radical (unpaired) electrons. The standard InChI is InChI=1S/C24H26N4O2/c1-27-21-14-19(6-7-20(21)15-26-27)16-2-4-17(5-3-16)22(29)18-8-12-28(13-9-18)23(30)24(25)10-11-24/h2-7,14-15,18H,8-13,25H2,1H3. The van der Waals surface area contributed by atoms with Crippen molar-refractivity contribution in [1.82, 2.24) is 14.7 Å². The minimum absolute atomic E-state index is 0.0291. The first-order valence-electron chi connectivity index (χ1n) is 10.6. The number of ketones is 1. The molecule has 6 nitrogen and oxygen atoms in total. The molecule has 1 aromatic heterocycles. The Morgan fingerprint density at radius 1 is 1.03 bits per heavy atom. The maximum absolute atomic E-state index is 13.0. The predicted molar refractivity (Wildman–Crippen MR) is 116 cm³/mol. The highest BCUT2D eigenvalue weighted by atomic mass is 16.2. The normalized spacial score (nSPS) is 18.5. The lowest BCUT2D eigenvalue weighted by molar-refractivity contribution is -0.134. The van der Waals surface area contributed by atoms with Crippen molar-refractivity contribution in [3.05, 3.63) is 54.2 Å². The lowest BCUT2D eigenvalue weighted by atomic mass is 9.88. The molecule has 154 valence electrons. The molecule has 2 heterocycles. The summed E-state index contributed by atoms with van der Waals surface area (Å²) < 4.78 is 1.86. The number of nitrogens with two attached hydrogens (primary N) is 1. The van der Waals surface area contributed by atoms with E-state index in [9.17, 15) is 9.59 Å². The predicted octanol–water partition coefficient (Wildman–Crippen LogP) is 3.15. The molecule has 1 aliphatic heterocycles. The van der Waals surface area contributed by atoms with E-state index in [1.54, 1.807) is 0 Å². The summed E-state index contributed by atoms with van der Waals surface area (Å²) in [5.74, 6) is 0.200. The van der Waals surface area contributed by atoms with Gasteiger partial charge in [-0.15, -0.1) is 0 Å². The van der Waals surface area contributed by atoms with E-state index in [1.807, 2.05) is 47.1 Å². The number of benzene rings is 2. The van der Waals surface area contributed by atoms with Crippen LogP contribution in [-0.2, 0) is 11.8 Å². The van der Waals surface area contributed by atoms with Crippen LogP contribution >= 0.6 is 0 Å². The van der Waals surface area contributed by atoms with E-state index in [0.717, 1.165) is 40.4 Å². The Morgan fingerprint density at radius 3 is 2.37 bits per heavy atom. The molecule has 2 N–H and O–H groups in total. The number of aryl methyl sites for hydroxylation is 1.